The summed E-state index contributed by atoms with van der Waals surface area (Å²) in [5.74, 6) is -0.991. The van der Waals surface area contributed by atoms with E-state index in [2.05, 4.69) is 10.2 Å². The molecule has 0 aromatic heterocycles. The highest BCUT2D eigenvalue weighted by Gasteiger charge is 2.50. The van der Waals surface area contributed by atoms with Gasteiger partial charge >= 0.3 is 5.97 Å². The third-order valence-electron chi connectivity index (χ3n) is 8.31. The number of nitrogens with one attached hydrogen (secondary N) is 1. The number of carboxylic acids is 1. The molecule has 1 atom stereocenters. The lowest BCUT2D eigenvalue weighted by atomic mass is 9.72. The van der Waals surface area contributed by atoms with Crippen LogP contribution < -0.4 is 5.32 Å². The average molecular weight is 540 g/mol. The number of fused-ring (bicyclic) bond motifs is 3. The van der Waals surface area contributed by atoms with Crippen LogP contribution in [0.3, 0.4) is 0 Å². The van der Waals surface area contributed by atoms with Crippen molar-refractivity contribution >= 4 is 17.8 Å². The van der Waals surface area contributed by atoms with Crippen molar-refractivity contribution in [2.24, 2.45) is 0 Å². The van der Waals surface area contributed by atoms with Crippen molar-refractivity contribution in [3.63, 3.8) is 0 Å². The third-order valence-corrected chi connectivity index (χ3v) is 8.31. The van der Waals surface area contributed by atoms with Crippen molar-refractivity contribution in [2.45, 2.75) is 38.0 Å². The first-order valence-electron chi connectivity index (χ1n) is 14.2. The van der Waals surface area contributed by atoms with Crippen LogP contribution in [0.4, 0.5) is 0 Å². The number of aliphatic carboxylic acids is 1. The predicted molar refractivity (Wildman–Crippen MR) is 155 cm³/mol. The second kappa shape index (κ2) is 12.0. The Morgan fingerprint density at radius 2 is 1.55 bits per heavy atom. The summed E-state index contributed by atoms with van der Waals surface area (Å²) < 4.78 is 0. The molecule has 0 bridgehead atoms. The first kappa shape index (κ1) is 27.6. The van der Waals surface area contributed by atoms with E-state index in [4.69, 9.17) is 0 Å². The molecule has 1 aliphatic heterocycles. The van der Waals surface area contributed by atoms with Gasteiger partial charge in [0.2, 0.25) is 5.91 Å². The summed E-state index contributed by atoms with van der Waals surface area (Å²) >= 11 is 0. The number of hydrogen-bond donors (Lipinski definition) is 2. The summed E-state index contributed by atoms with van der Waals surface area (Å²) in [5.41, 5.74) is 3.30. The molecule has 7 nitrogen and oxygen atoms in total. The second-order valence-corrected chi connectivity index (χ2v) is 10.7. The molecule has 1 saturated heterocycles. The van der Waals surface area contributed by atoms with E-state index in [9.17, 15) is 19.5 Å². The average Bonchev–Trinajstić information content (AvgIpc) is 3.27. The molecule has 0 spiro atoms. The summed E-state index contributed by atoms with van der Waals surface area (Å²) in [7, 11) is 0. The molecule has 2 N–H and O–H groups in total. The maximum atomic E-state index is 13.1. The Labute approximate surface area is 235 Å². The van der Waals surface area contributed by atoms with E-state index in [1.54, 1.807) is 6.07 Å². The van der Waals surface area contributed by atoms with Gasteiger partial charge in [0.25, 0.3) is 5.91 Å². The Bertz CT molecular complexity index is 1380. The SMILES string of the molecule is CCNC(=O)c1cccc2c1C(CCCCN1CCN(C(=O)Cc3ccccc3)CC1)(C(=O)O)c1ccccc1-2. The minimum absolute atomic E-state index is 0.163. The molecule has 208 valence electrons. The molecule has 3 aromatic carbocycles. The molecule has 0 saturated carbocycles. The van der Waals surface area contributed by atoms with E-state index in [1.165, 1.54) is 0 Å². The van der Waals surface area contributed by atoms with E-state index in [-0.39, 0.29) is 11.8 Å². The molecule has 1 fully saturated rings. The number of piperazine rings is 1. The molecule has 3 aromatic rings. The number of carboxylic acid groups (broad SMARTS) is 1. The summed E-state index contributed by atoms with van der Waals surface area (Å²) in [4.78, 5) is 43.2. The monoisotopic (exact) mass is 539 g/mol. The molecular weight excluding hydrogens is 502 g/mol. The van der Waals surface area contributed by atoms with E-state index < -0.39 is 11.4 Å². The van der Waals surface area contributed by atoms with E-state index >= 15 is 0 Å². The lowest BCUT2D eigenvalue weighted by molar-refractivity contribution is -0.142. The highest BCUT2D eigenvalue weighted by atomic mass is 16.4. The van der Waals surface area contributed by atoms with Gasteiger partial charge in [-0.2, -0.15) is 0 Å². The maximum absolute atomic E-state index is 13.1. The van der Waals surface area contributed by atoms with Gasteiger partial charge in [0.15, 0.2) is 0 Å². The zero-order chi connectivity index (χ0) is 28.1. The van der Waals surface area contributed by atoms with Gasteiger partial charge in [-0.3, -0.25) is 19.3 Å². The Hall–Kier alpha value is -3.97. The first-order chi connectivity index (χ1) is 19.5. The minimum atomic E-state index is -1.27. The zero-order valence-corrected chi connectivity index (χ0v) is 23.1. The maximum Gasteiger partial charge on any atom is 0.318 e. The number of amides is 2. The van der Waals surface area contributed by atoms with Crippen LogP contribution in [0.25, 0.3) is 11.1 Å². The molecule has 7 heteroatoms. The van der Waals surface area contributed by atoms with Crippen LogP contribution in [0, 0.1) is 0 Å². The second-order valence-electron chi connectivity index (χ2n) is 10.7. The lowest BCUT2D eigenvalue weighted by Gasteiger charge is -2.35. The summed E-state index contributed by atoms with van der Waals surface area (Å²) in [6, 6.07) is 23.0. The van der Waals surface area contributed by atoms with Crippen molar-refractivity contribution in [3.8, 4) is 11.1 Å². The summed E-state index contributed by atoms with van der Waals surface area (Å²) in [6.45, 7) is 6.24. The fourth-order valence-electron chi connectivity index (χ4n) is 6.32. The third kappa shape index (κ3) is 5.26. The fraction of sp³-hybridized carbons (Fsp3) is 0.364. The molecule has 40 heavy (non-hydrogen) atoms. The van der Waals surface area contributed by atoms with Gasteiger partial charge in [0, 0.05) is 38.3 Å². The molecular formula is C33H37N3O4. The number of unbranched alkanes of at least 4 members (excludes halogenated alkanes) is 1. The van der Waals surface area contributed by atoms with Gasteiger partial charge < -0.3 is 15.3 Å². The van der Waals surface area contributed by atoms with Gasteiger partial charge in [-0.15, -0.1) is 0 Å². The molecule has 5 rings (SSSR count). The van der Waals surface area contributed by atoms with Crippen LogP contribution in [-0.4, -0.2) is 72.0 Å². The van der Waals surface area contributed by atoms with Crippen LogP contribution in [0.15, 0.2) is 72.8 Å². The van der Waals surface area contributed by atoms with Gasteiger partial charge in [-0.25, -0.2) is 0 Å². The number of hydrogen-bond acceptors (Lipinski definition) is 4. The van der Waals surface area contributed by atoms with Crippen LogP contribution in [-0.2, 0) is 21.4 Å². The fourth-order valence-corrected chi connectivity index (χ4v) is 6.32. The lowest BCUT2D eigenvalue weighted by Crippen LogP contribution is -2.49. The molecule has 1 unspecified atom stereocenters. The quantitative estimate of drug-likeness (QED) is 0.374. The topological polar surface area (TPSA) is 90.0 Å². The zero-order valence-electron chi connectivity index (χ0n) is 23.1. The molecule has 2 amide bonds. The normalized spacial score (nSPS) is 18.2. The largest absolute Gasteiger partial charge is 0.480 e. The Balaban J connectivity index is 1.25. The number of rotatable bonds is 10. The van der Waals surface area contributed by atoms with E-state index in [0.717, 1.165) is 48.3 Å². The highest BCUT2D eigenvalue weighted by molar-refractivity contribution is 6.05. The molecule has 2 aliphatic rings. The molecule has 1 heterocycles. The first-order valence-corrected chi connectivity index (χ1v) is 14.2. The molecule has 1 aliphatic carbocycles. The van der Waals surface area contributed by atoms with Crippen molar-refractivity contribution in [3.05, 3.63) is 95.1 Å². The molecule has 0 radical (unpaired) electrons. The predicted octanol–water partition coefficient (Wildman–Crippen LogP) is 4.34. The Morgan fingerprint density at radius 1 is 0.850 bits per heavy atom. The number of benzene rings is 3. The van der Waals surface area contributed by atoms with Gasteiger partial charge in [0.1, 0.15) is 5.41 Å². The Kier molecular flexibility index (Phi) is 8.31. The highest BCUT2D eigenvalue weighted by Crippen LogP contribution is 2.53. The van der Waals surface area contributed by atoms with Crippen LogP contribution >= 0.6 is 0 Å². The number of carbonyl (C=O) groups excluding carboxylic acids is 2. The number of carbonyl (C=O) groups is 3. The van der Waals surface area contributed by atoms with Gasteiger partial charge in [0.05, 0.1) is 6.42 Å². The van der Waals surface area contributed by atoms with Gasteiger partial charge in [-0.05, 0) is 60.2 Å². The van der Waals surface area contributed by atoms with E-state index in [1.807, 2.05) is 78.6 Å². The van der Waals surface area contributed by atoms with Crippen molar-refractivity contribution in [1.82, 2.24) is 15.1 Å². The summed E-state index contributed by atoms with van der Waals surface area (Å²) in [6.07, 6.45) is 2.39. The minimum Gasteiger partial charge on any atom is -0.480 e. The van der Waals surface area contributed by atoms with E-state index in [0.29, 0.717) is 50.0 Å². The standard InChI is InChI=1S/C33H37N3O4/c1-2-34-31(38)27-15-10-14-26-25-13-6-7-16-28(25)33(30(26)27,32(39)40)17-8-9-18-35-19-21-36(22-20-35)29(37)23-24-11-4-3-5-12-24/h3-7,10-16H,2,8-9,17-23H2,1H3,(H,34,38)(H,39,40). The van der Waals surface area contributed by atoms with Crippen molar-refractivity contribution in [2.75, 3.05) is 39.3 Å². The summed E-state index contributed by atoms with van der Waals surface area (Å²) in [5, 5.41) is 13.6. The number of nitrogens with zero attached hydrogens (tertiary/aromatic N) is 2. The van der Waals surface area contributed by atoms with Crippen molar-refractivity contribution in [1.29, 1.82) is 0 Å². The van der Waals surface area contributed by atoms with Crippen LogP contribution in [0.2, 0.25) is 0 Å². The van der Waals surface area contributed by atoms with Crippen LogP contribution in [0.1, 0.15) is 53.2 Å². The van der Waals surface area contributed by atoms with Crippen molar-refractivity contribution < 1.29 is 19.5 Å². The Morgan fingerprint density at radius 3 is 2.27 bits per heavy atom. The van der Waals surface area contributed by atoms with Crippen LogP contribution in [0.5, 0.6) is 0 Å². The van der Waals surface area contributed by atoms with Gasteiger partial charge in [-0.1, -0.05) is 73.2 Å². The smallest absolute Gasteiger partial charge is 0.318 e.